The SMILES string of the molecule is C=C(Nc1cccc(Cl)c1)c1cnc(N2CCCCC2)c(Cl)c1. The minimum Gasteiger partial charge on any atom is -0.355 e. The zero-order valence-corrected chi connectivity index (χ0v) is 14.4. The second kappa shape index (κ2) is 7.24. The Morgan fingerprint density at radius 2 is 1.91 bits per heavy atom. The van der Waals surface area contributed by atoms with Crippen LogP contribution >= 0.6 is 23.2 Å². The van der Waals surface area contributed by atoms with Gasteiger partial charge in [-0.15, -0.1) is 0 Å². The van der Waals surface area contributed by atoms with Gasteiger partial charge in [-0.25, -0.2) is 4.98 Å². The molecule has 0 unspecified atom stereocenters. The predicted octanol–water partition coefficient (Wildman–Crippen LogP) is 5.46. The number of aromatic nitrogens is 1. The van der Waals surface area contributed by atoms with Crippen LogP contribution in [0.2, 0.25) is 10.0 Å². The van der Waals surface area contributed by atoms with Gasteiger partial charge in [0.2, 0.25) is 0 Å². The molecule has 0 aliphatic carbocycles. The molecular weight excluding hydrogens is 329 g/mol. The number of anilines is 2. The van der Waals surface area contributed by atoms with Gasteiger partial charge in [0.05, 0.1) is 5.02 Å². The van der Waals surface area contributed by atoms with Crippen molar-refractivity contribution in [3.8, 4) is 0 Å². The van der Waals surface area contributed by atoms with E-state index in [4.69, 9.17) is 23.2 Å². The van der Waals surface area contributed by atoms with E-state index in [-0.39, 0.29) is 0 Å². The largest absolute Gasteiger partial charge is 0.355 e. The van der Waals surface area contributed by atoms with E-state index in [1.165, 1.54) is 19.3 Å². The Hall–Kier alpha value is -1.71. The lowest BCUT2D eigenvalue weighted by Gasteiger charge is -2.28. The van der Waals surface area contributed by atoms with Crippen LogP contribution in [-0.2, 0) is 0 Å². The van der Waals surface area contributed by atoms with E-state index < -0.39 is 0 Å². The van der Waals surface area contributed by atoms with Gasteiger partial charge < -0.3 is 10.2 Å². The monoisotopic (exact) mass is 347 g/mol. The maximum absolute atomic E-state index is 6.44. The van der Waals surface area contributed by atoms with Gasteiger partial charge in [-0.05, 0) is 43.5 Å². The van der Waals surface area contributed by atoms with Crippen LogP contribution in [0.1, 0.15) is 24.8 Å². The summed E-state index contributed by atoms with van der Waals surface area (Å²) < 4.78 is 0. The fourth-order valence-corrected chi connectivity index (χ4v) is 3.22. The van der Waals surface area contributed by atoms with E-state index in [2.05, 4.69) is 21.8 Å². The van der Waals surface area contributed by atoms with Gasteiger partial charge in [-0.3, -0.25) is 0 Å². The number of nitrogens with one attached hydrogen (secondary N) is 1. The molecule has 0 amide bonds. The van der Waals surface area contributed by atoms with Gasteiger partial charge in [0, 0.05) is 41.3 Å². The van der Waals surface area contributed by atoms with Crippen LogP contribution in [0.3, 0.4) is 0 Å². The Labute approximate surface area is 146 Å². The number of hydrogen-bond acceptors (Lipinski definition) is 3. The summed E-state index contributed by atoms with van der Waals surface area (Å²) in [4.78, 5) is 6.80. The van der Waals surface area contributed by atoms with Gasteiger partial charge in [0.25, 0.3) is 0 Å². The average molecular weight is 348 g/mol. The number of pyridine rings is 1. The molecule has 1 fully saturated rings. The molecule has 0 saturated carbocycles. The van der Waals surface area contributed by atoms with Crippen molar-refractivity contribution < 1.29 is 0 Å². The molecule has 0 atom stereocenters. The average Bonchev–Trinajstić information content (AvgIpc) is 2.55. The molecule has 2 aromatic rings. The highest BCUT2D eigenvalue weighted by Gasteiger charge is 2.16. The number of rotatable bonds is 4. The molecular formula is C18H19Cl2N3. The zero-order chi connectivity index (χ0) is 16.2. The van der Waals surface area contributed by atoms with Gasteiger partial charge >= 0.3 is 0 Å². The number of benzene rings is 1. The number of nitrogens with zero attached hydrogens (tertiary/aromatic N) is 2. The summed E-state index contributed by atoms with van der Waals surface area (Å²) in [5, 5.41) is 4.58. The third-order valence-corrected chi connectivity index (χ3v) is 4.46. The predicted molar refractivity (Wildman–Crippen MR) is 99.4 cm³/mol. The standard InChI is InChI=1S/C18H19Cl2N3/c1-13(22-16-7-5-6-15(19)11-16)14-10-17(20)18(21-12-14)23-8-3-2-4-9-23/h5-7,10-12,22H,1-4,8-9H2. The summed E-state index contributed by atoms with van der Waals surface area (Å²) in [5.41, 5.74) is 2.50. The quantitative estimate of drug-likeness (QED) is 0.795. The van der Waals surface area contributed by atoms with Crippen molar-refractivity contribution in [1.29, 1.82) is 0 Å². The van der Waals surface area contributed by atoms with E-state index in [9.17, 15) is 0 Å². The Bertz CT molecular complexity index is 709. The molecule has 0 spiro atoms. The van der Waals surface area contributed by atoms with Crippen LogP contribution < -0.4 is 10.2 Å². The second-order valence-corrected chi connectivity index (χ2v) is 6.53. The minimum absolute atomic E-state index is 0.665. The Kier molecular flexibility index (Phi) is 5.09. The zero-order valence-electron chi connectivity index (χ0n) is 12.9. The summed E-state index contributed by atoms with van der Waals surface area (Å²) >= 11 is 12.4. The maximum Gasteiger partial charge on any atom is 0.147 e. The van der Waals surface area contributed by atoms with Gasteiger partial charge in [0.1, 0.15) is 5.82 Å². The number of piperidine rings is 1. The molecule has 0 bridgehead atoms. The molecule has 1 aromatic heterocycles. The van der Waals surface area contributed by atoms with E-state index >= 15 is 0 Å². The van der Waals surface area contributed by atoms with E-state index in [0.29, 0.717) is 10.0 Å². The molecule has 0 radical (unpaired) electrons. The summed E-state index contributed by atoms with van der Waals surface area (Å²) in [7, 11) is 0. The van der Waals surface area contributed by atoms with Gasteiger partial charge in [-0.2, -0.15) is 0 Å². The molecule has 1 saturated heterocycles. The smallest absolute Gasteiger partial charge is 0.147 e. The van der Waals surface area contributed by atoms with E-state index in [1.807, 2.05) is 36.5 Å². The van der Waals surface area contributed by atoms with E-state index in [1.54, 1.807) is 0 Å². The third kappa shape index (κ3) is 3.98. The Morgan fingerprint density at radius 1 is 1.13 bits per heavy atom. The Balaban J connectivity index is 1.75. The molecule has 1 N–H and O–H groups in total. The summed E-state index contributed by atoms with van der Waals surface area (Å²) in [6, 6.07) is 9.43. The van der Waals surface area contributed by atoms with E-state index in [0.717, 1.165) is 35.9 Å². The van der Waals surface area contributed by atoms with Crippen LogP contribution in [0.25, 0.3) is 5.70 Å². The van der Waals surface area contributed by atoms with Crippen LogP contribution in [0.5, 0.6) is 0 Å². The maximum atomic E-state index is 6.44. The molecule has 2 heterocycles. The first-order valence-corrected chi connectivity index (χ1v) is 8.51. The molecule has 1 aromatic carbocycles. The van der Waals surface area contributed by atoms with Crippen molar-refractivity contribution in [3.63, 3.8) is 0 Å². The van der Waals surface area contributed by atoms with Crippen molar-refractivity contribution in [2.24, 2.45) is 0 Å². The van der Waals surface area contributed by atoms with Crippen molar-refractivity contribution in [2.45, 2.75) is 19.3 Å². The molecule has 3 rings (SSSR count). The van der Waals surface area contributed by atoms with Crippen molar-refractivity contribution >= 4 is 40.4 Å². The van der Waals surface area contributed by atoms with Gasteiger partial charge in [-0.1, -0.05) is 35.8 Å². The molecule has 1 aliphatic heterocycles. The topological polar surface area (TPSA) is 28.2 Å². The second-order valence-electron chi connectivity index (χ2n) is 5.69. The van der Waals surface area contributed by atoms with Crippen LogP contribution in [0.4, 0.5) is 11.5 Å². The normalized spacial score (nSPS) is 14.6. The van der Waals surface area contributed by atoms with Crippen LogP contribution in [0.15, 0.2) is 43.1 Å². The van der Waals surface area contributed by atoms with Crippen molar-refractivity contribution in [1.82, 2.24) is 4.98 Å². The van der Waals surface area contributed by atoms with Gasteiger partial charge in [0.15, 0.2) is 0 Å². The molecule has 1 aliphatic rings. The summed E-state index contributed by atoms with van der Waals surface area (Å²) in [6.45, 7) is 6.11. The molecule has 120 valence electrons. The summed E-state index contributed by atoms with van der Waals surface area (Å²) in [6.07, 6.45) is 5.49. The molecule has 3 nitrogen and oxygen atoms in total. The molecule has 5 heteroatoms. The van der Waals surface area contributed by atoms with Crippen molar-refractivity contribution in [2.75, 3.05) is 23.3 Å². The fourth-order valence-electron chi connectivity index (χ4n) is 2.75. The first-order valence-electron chi connectivity index (χ1n) is 7.76. The summed E-state index contributed by atoms with van der Waals surface area (Å²) in [5.74, 6) is 0.866. The highest BCUT2D eigenvalue weighted by atomic mass is 35.5. The lowest BCUT2D eigenvalue weighted by Crippen LogP contribution is -2.30. The number of halogens is 2. The first kappa shape index (κ1) is 16.2. The molecule has 23 heavy (non-hydrogen) atoms. The fraction of sp³-hybridized carbons (Fsp3) is 0.278. The first-order chi connectivity index (χ1) is 11.1. The lowest BCUT2D eigenvalue weighted by atomic mass is 10.1. The minimum atomic E-state index is 0.665. The highest BCUT2D eigenvalue weighted by Crippen LogP contribution is 2.29. The third-order valence-electron chi connectivity index (χ3n) is 3.95. The highest BCUT2D eigenvalue weighted by molar-refractivity contribution is 6.33. The van der Waals surface area contributed by atoms with Crippen molar-refractivity contribution in [3.05, 3.63) is 58.7 Å². The van der Waals surface area contributed by atoms with Crippen LogP contribution in [-0.4, -0.2) is 18.1 Å². The number of hydrogen-bond donors (Lipinski definition) is 1. The Morgan fingerprint density at radius 3 is 2.61 bits per heavy atom. The van der Waals surface area contributed by atoms with Crippen LogP contribution in [0, 0.1) is 0 Å². The lowest BCUT2D eigenvalue weighted by molar-refractivity contribution is 0.573.